The number of guanidine groups is 1. The molecule has 0 spiro atoms. The van der Waals surface area contributed by atoms with E-state index in [0.29, 0.717) is 12.6 Å². The van der Waals surface area contributed by atoms with E-state index in [-0.39, 0.29) is 0 Å². The minimum atomic E-state index is 0.592. The molecule has 2 N–H and O–H groups in total. The molecule has 0 aromatic heterocycles. The van der Waals surface area contributed by atoms with E-state index in [4.69, 9.17) is 9.47 Å². The first kappa shape index (κ1) is 16.6. The molecule has 5 heteroatoms. The standard InChI is InChI=1S/C17H27N3O2/c1-3-22-12-4-11-18-17(20-15-7-8-15)19-13-14-5-9-16(21-2)10-6-14/h5-6,9-10,15H,3-4,7-8,11-13H2,1-2H3,(H2,18,19,20). The molecule has 122 valence electrons. The number of nitrogens with one attached hydrogen (secondary N) is 2. The average molecular weight is 305 g/mol. The number of nitrogens with zero attached hydrogens (tertiary/aromatic N) is 1. The zero-order valence-electron chi connectivity index (χ0n) is 13.6. The second-order valence-corrected chi connectivity index (χ2v) is 5.41. The van der Waals surface area contributed by atoms with Crippen LogP contribution >= 0.6 is 0 Å². The Labute approximate surface area is 133 Å². The van der Waals surface area contributed by atoms with Crippen LogP contribution < -0.4 is 15.4 Å². The molecule has 0 heterocycles. The summed E-state index contributed by atoms with van der Waals surface area (Å²) in [6.07, 6.45) is 3.46. The Kier molecular flexibility index (Phi) is 7.03. The van der Waals surface area contributed by atoms with E-state index in [2.05, 4.69) is 15.6 Å². The molecule has 0 atom stereocenters. The lowest BCUT2D eigenvalue weighted by Crippen LogP contribution is -2.39. The number of aliphatic imine (C=N–C) groups is 1. The van der Waals surface area contributed by atoms with Crippen LogP contribution in [0.25, 0.3) is 0 Å². The van der Waals surface area contributed by atoms with E-state index >= 15 is 0 Å². The van der Waals surface area contributed by atoms with Crippen LogP contribution in [0.15, 0.2) is 29.3 Å². The summed E-state index contributed by atoms with van der Waals surface area (Å²) in [6, 6.07) is 8.62. The summed E-state index contributed by atoms with van der Waals surface area (Å²) in [5.74, 6) is 1.77. The lowest BCUT2D eigenvalue weighted by molar-refractivity contribution is 0.145. The average Bonchev–Trinajstić information content (AvgIpc) is 3.36. The first-order valence-electron chi connectivity index (χ1n) is 8.07. The Balaban J connectivity index is 1.80. The van der Waals surface area contributed by atoms with Gasteiger partial charge in [0, 0.05) is 25.8 Å². The van der Waals surface area contributed by atoms with Crippen LogP contribution in [-0.2, 0) is 11.3 Å². The molecule has 0 radical (unpaired) electrons. The van der Waals surface area contributed by atoms with Crippen molar-refractivity contribution in [1.82, 2.24) is 10.6 Å². The van der Waals surface area contributed by atoms with Crippen LogP contribution in [-0.4, -0.2) is 38.9 Å². The molecule has 2 rings (SSSR count). The highest BCUT2D eigenvalue weighted by atomic mass is 16.5. The van der Waals surface area contributed by atoms with E-state index in [1.165, 1.54) is 18.4 Å². The van der Waals surface area contributed by atoms with Crippen molar-refractivity contribution in [2.45, 2.75) is 38.8 Å². The van der Waals surface area contributed by atoms with E-state index in [0.717, 1.165) is 37.9 Å². The number of ether oxygens (including phenoxy) is 2. The van der Waals surface area contributed by atoms with Gasteiger partial charge in [0.2, 0.25) is 0 Å². The molecule has 1 aliphatic rings. The van der Waals surface area contributed by atoms with Crippen molar-refractivity contribution in [3.8, 4) is 5.75 Å². The van der Waals surface area contributed by atoms with Crippen molar-refractivity contribution in [2.24, 2.45) is 4.99 Å². The Morgan fingerprint density at radius 2 is 2.05 bits per heavy atom. The molecule has 22 heavy (non-hydrogen) atoms. The molecule has 0 bridgehead atoms. The lowest BCUT2D eigenvalue weighted by atomic mass is 10.2. The molecule has 1 fully saturated rings. The van der Waals surface area contributed by atoms with Gasteiger partial charge in [0.15, 0.2) is 5.96 Å². The van der Waals surface area contributed by atoms with Crippen molar-refractivity contribution in [2.75, 3.05) is 26.9 Å². The predicted octanol–water partition coefficient (Wildman–Crippen LogP) is 2.32. The van der Waals surface area contributed by atoms with Gasteiger partial charge in [0.05, 0.1) is 13.7 Å². The van der Waals surface area contributed by atoms with Crippen LogP contribution in [0.2, 0.25) is 0 Å². The smallest absolute Gasteiger partial charge is 0.191 e. The van der Waals surface area contributed by atoms with Crippen LogP contribution in [0.4, 0.5) is 0 Å². The molecular weight excluding hydrogens is 278 g/mol. The number of rotatable bonds is 9. The second-order valence-electron chi connectivity index (χ2n) is 5.41. The molecule has 5 nitrogen and oxygen atoms in total. The molecule has 1 aromatic rings. The first-order valence-corrected chi connectivity index (χ1v) is 8.07. The van der Waals surface area contributed by atoms with Gasteiger partial charge in [-0.25, -0.2) is 4.99 Å². The summed E-state index contributed by atoms with van der Waals surface area (Å²) < 4.78 is 10.5. The topological polar surface area (TPSA) is 54.9 Å². The highest BCUT2D eigenvalue weighted by molar-refractivity contribution is 5.80. The summed E-state index contributed by atoms with van der Waals surface area (Å²) >= 11 is 0. The molecule has 1 saturated carbocycles. The summed E-state index contributed by atoms with van der Waals surface area (Å²) in [5, 5.41) is 6.83. The minimum Gasteiger partial charge on any atom is -0.497 e. The summed E-state index contributed by atoms with van der Waals surface area (Å²) in [4.78, 5) is 4.66. The molecule has 0 saturated heterocycles. The predicted molar refractivity (Wildman–Crippen MR) is 89.4 cm³/mol. The quantitative estimate of drug-likeness (QED) is 0.418. The molecule has 1 aromatic carbocycles. The van der Waals surface area contributed by atoms with E-state index in [1.807, 2.05) is 31.2 Å². The van der Waals surface area contributed by atoms with Crippen molar-refractivity contribution >= 4 is 5.96 Å². The maximum atomic E-state index is 5.35. The maximum Gasteiger partial charge on any atom is 0.191 e. The van der Waals surface area contributed by atoms with E-state index in [1.54, 1.807) is 7.11 Å². The number of hydrogen-bond acceptors (Lipinski definition) is 3. The van der Waals surface area contributed by atoms with Gasteiger partial charge in [-0.3, -0.25) is 0 Å². The first-order chi connectivity index (χ1) is 10.8. The zero-order chi connectivity index (χ0) is 15.6. The van der Waals surface area contributed by atoms with E-state index < -0.39 is 0 Å². The molecule has 1 aliphatic carbocycles. The van der Waals surface area contributed by atoms with Crippen LogP contribution in [0, 0.1) is 0 Å². The third kappa shape index (κ3) is 6.35. The highest BCUT2D eigenvalue weighted by Gasteiger charge is 2.22. The number of methoxy groups -OCH3 is 1. The van der Waals surface area contributed by atoms with E-state index in [9.17, 15) is 0 Å². The van der Waals surface area contributed by atoms with Gasteiger partial charge in [-0.05, 0) is 43.9 Å². The lowest BCUT2D eigenvalue weighted by Gasteiger charge is -2.12. The van der Waals surface area contributed by atoms with Crippen LogP contribution in [0.3, 0.4) is 0 Å². The van der Waals surface area contributed by atoms with Gasteiger partial charge in [-0.2, -0.15) is 0 Å². The number of hydrogen-bond donors (Lipinski definition) is 2. The molecule has 0 unspecified atom stereocenters. The van der Waals surface area contributed by atoms with Gasteiger partial charge < -0.3 is 20.1 Å². The van der Waals surface area contributed by atoms with Crippen molar-refractivity contribution in [1.29, 1.82) is 0 Å². The third-order valence-corrected chi connectivity index (χ3v) is 3.46. The molecule has 0 aliphatic heterocycles. The SMILES string of the molecule is CCOCCCNC(=NCc1ccc(OC)cc1)NC1CC1. The Morgan fingerprint density at radius 3 is 2.68 bits per heavy atom. The summed E-state index contributed by atoms with van der Waals surface area (Å²) in [6.45, 7) is 5.12. The minimum absolute atomic E-state index is 0.592. The van der Waals surface area contributed by atoms with Crippen molar-refractivity contribution in [3.63, 3.8) is 0 Å². The van der Waals surface area contributed by atoms with Gasteiger partial charge in [0.25, 0.3) is 0 Å². The van der Waals surface area contributed by atoms with Crippen molar-refractivity contribution in [3.05, 3.63) is 29.8 Å². The summed E-state index contributed by atoms with van der Waals surface area (Å²) in [5.41, 5.74) is 1.17. The summed E-state index contributed by atoms with van der Waals surface area (Å²) in [7, 11) is 1.68. The van der Waals surface area contributed by atoms with Crippen LogP contribution in [0.1, 0.15) is 31.7 Å². The highest BCUT2D eigenvalue weighted by Crippen LogP contribution is 2.18. The second kappa shape index (κ2) is 9.30. The normalized spacial score (nSPS) is 14.7. The Hall–Kier alpha value is -1.75. The molecular formula is C17H27N3O2. The largest absolute Gasteiger partial charge is 0.497 e. The zero-order valence-corrected chi connectivity index (χ0v) is 13.6. The Morgan fingerprint density at radius 1 is 1.27 bits per heavy atom. The van der Waals surface area contributed by atoms with Gasteiger partial charge >= 0.3 is 0 Å². The third-order valence-electron chi connectivity index (χ3n) is 3.46. The van der Waals surface area contributed by atoms with Gasteiger partial charge in [-0.15, -0.1) is 0 Å². The fraction of sp³-hybridized carbons (Fsp3) is 0.588. The molecule has 0 amide bonds. The monoisotopic (exact) mass is 305 g/mol. The van der Waals surface area contributed by atoms with Gasteiger partial charge in [0.1, 0.15) is 5.75 Å². The fourth-order valence-corrected chi connectivity index (χ4v) is 2.00. The maximum absolute atomic E-state index is 5.35. The fourth-order valence-electron chi connectivity index (χ4n) is 2.00. The Bertz CT molecular complexity index is 455. The number of benzene rings is 1. The van der Waals surface area contributed by atoms with Gasteiger partial charge in [-0.1, -0.05) is 12.1 Å². The van der Waals surface area contributed by atoms with Crippen molar-refractivity contribution < 1.29 is 9.47 Å². The van der Waals surface area contributed by atoms with Crippen LogP contribution in [0.5, 0.6) is 5.75 Å².